The summed E-state index contributed by atoms with van der Waals surface area (Å²) in [5.74, 6) is 0.241. The Morgan fingerprint density at radius 2 is 1.85 bits per heavy atom. The summed E-state index contributed by atoms with van der Waals surface area (Å²) in [5.41, 5.74) is 1.78. The maximum atomic E-state index is 13.0. The molecule has 0 radical (unpaired) electrons. The highest BCUT2D eigenvalue weighted by Crippen LogP contribution is 2.24. The first-order chi connectivity index (χ1) is 15.9. The van der Waals surface area contributed by atoms with Gasteiger partial charge in [0.2, 0.25) is 5.43 Å². The van der Waals surface area contributed by atoms with Crippen LogP contribution in [0.4, 0.5) is 0 Å². The van der Waals surface area contributed by atoms with Crippen molar-refractivity contribution in [2.75, 3.05) is 26.7 Å². The number of hydrogen-bond acceptors (Lipinski definition) is 5. The number of rotatable bonds is 9. The van der Waals surface area contributed by atoms with E-state index in [0.717, 1.165) is 24.4 Å². The van der Waals surface area contributed by atoms with E-state index in [1.807, 2.05) is 24.3 Å². The molecule has 2 aromatic carbocycles. The lowest BCUT2D eigenvalue weighted by molar-refractivity contribution is 0.0927. The lowest BCUT2D eigenvalue weighted by atomic mass is 10.0. The molecule has 0 aliphatic carbocycles. The van der Waals surface area contributed by atoms with E-state index in [1.165, 1.54) is 6.07 Å². The molecule has 8 heteroatoms. The molecule has 0 saturated heterocycles. The minimum Gasteiger partial charge on any atom is -0.497 e. The molecule has 0 saturated carbocycles. The first-order valence-electron chi connectivity index (χ1n) is 10.9. The predicted molar refractivity (Wildman–Crippen MR) is 131 cm³/mol. The molecule has 3 rings (SSSR count). The van der Waals surface area contributed by atoms with Crippen LogP contribution in [0.1, 0.15) is 41.6 Å². The van der Waals surface area contributed by atoms with Crippen LogP contribution in [0, 0.1) is 6.92 Å². The molecule has 1 unspecified atom stereocenters. The van der Waals surface area contributed by atoms with E-state index in [4.69, 9.17) is 16.3 Å². The molecule has 0 fully saturated rings. The summed E-state index contributed by atoms with van der Waals surface area (Å²) in [7, 11) is 1.63. The van der Waals surface area contributed by atoms with Crippen molar-refractivity contribution in [3.8, 4) is 11.4 Å². The van der Waals surface area contributed by atoms with Crippen LogP contribution >= 0.6 is 11.6 Å². The highest BCUT2D eigenvalue weighted by atomic mass is 35.5. The second-order valence-corrected chi connectivity index (χ2v) is 8.05. The number of hydrogen-bond donors (Lipinski definition) is 1. The number of halogens is 1. The molecule has 33 heavy (non-hydrogen) atoms. The van der Waals surface area contributed by atoms with E-state index in [-0.39, 0.29) is 11.7 Å². The molecule has 1 N–H and O–H groups in total. The fourth-order valence-corrected chi connectivity index (χ4v) is 3.92. The van der Waals surface area contributed by atoms with Gasteiger partial charge in [-0.15, -0.1) is 0 Å². The number of benzene rings is 2. The standard InChI is InChI=1S/C25H29ClN4O3/c1-5-29(6-2)22(18-8-7-9-21(15-18)33-4)16-27-25(32)24-23(31)14-17(3)30(28-24)20-12-10-19(26)11-13-20/h7-15,22H,5-6,16H2,1-4H3,(H,27,32). The van der Waals surface area contributed by atoms with E-state index in [0.29, 0.717) is 22.9 Å². The van der Waals surface area contributed by atoms with Crippen LogP contribution in [0.3, 0.4) is 0 Å². The fourth-order valence-electron chi connectivity index (χ4n) is 3.79. The van der Waals surface area contributed by atoms with Gasteiger partial charge in [0.05, 0.1) is 18.8 Å². The zero-order valence-corrected chi connectivity index (χ0v) is 20.1. The van der Waals surface area contributed by atoms with Gasteiger partial charge in [0.25, 0.3) is 5.91 Å². The van der Waals surface area contributed by atoms with Crippen molar-refractivity contribution < 1.29 is 9.53 Å². The van der Waals surface area contributed by atoms with Crippen molar-refractivity contribution in [3.05, 3.63) is 86.8 Å². The molecule has 1 heterocycles. The van der Waals surface area contributed by atoms with Crippen LogP contribution in [0.5, 0.6) is 5.75 Å². The van der Waals surface area contributed by atoms with Crippen molar-refractivity contribution in [2.45, 2.75) is 26.8 Å². The van der Waals surface area contributed by atoms with Crippen molar-refractivity contribution in [1.82, 2.24) is 20.0 Å². The van der Waals surface area contributed by atoms with Crippen LogP contribution in [-0.4, -0.2) is 47.3 Å². The highest BCUT2D eigenvalue weighted by molar-refractivity contribution is 6.30. The van der Waals surface area contributed by atoms with E-state index in [1.54, 1.807) is 43.0 Å². The van der Waals surface area contributed by atoms with Crippen LogP contribution < -0.4 is 15.5 Å². The largest absolute Gasteiger partial charge is 0.497 e. The third-order valence-electron chi connectivity index (χ3n) is 5.58. The number of methoxy groups -OCH3 is 1. The van der Waals surface area contributed by atoms with E-state index < -0.39 is 11.3 Å². The summed E-state index contributed by atoms with van der Waals surface area (Å²) >= 11 is 5.98. The van der Waals surface area contributed by atoms with E-state index in [9.17, 15) is 9.59 Å². The highest BCUT2D eigenvalue weighted by Gasteiger charge is 2.22. The molecule has 1 amide bonds. The molecule has 1 aromatic heterocycles. The van der Waals surface area contributed by atoms with Gasteiger partial charge in [0.1, 0.15) is 5.75 Å². The lowest BCUT2D eigenvalue weighted by Gasteiger charge is -2.30. The second kappa shape index (κ2) is 11.1. The topological polar surface area (TPSA) is 76.5 Å². The number of nitrogens with zero attached hydrogens (tertiary/aromatic N) is 3. The molecule has 0 spiro atoms. The molecular formula is C25H29ClN4O3. The Morgan fingerprint density at radius 3 is 2.48 bits per heavy atom. The van der Waals surface area contributed by atoms with Crippen LogP contribution in [-0.2, 0) is 0 Å². The first kappa shape index (κ1) is 24.5. The molecule has 0 aliphatic rings. The number of carbonyl (C=O) groups excluding carboxylic acids is 1. The normalized spacial score (nSPS) is 11.9. The summed E-state index contributed by atoms with van der Waals surface area (Å²) in [6.07, 6.45) is 0. The molecule has 7 nitrogen and oxygen atoms in total. The summed E-state index contributed by atoms with van der Waals surface area (Å²) in [6.45, 7) is 7.85. The molecule has 1 atom stereocenters. The van der Waals surface area contributed by atoms with Crippen molar-refractivity contribution in [1.29, 1.82) is 0 Å². The van der Waals surface area contributed by atoms with Gasteiger partial charge in [0, 0.05) is 23.3 Å². The minimum atomic E-state index is -0.511. The van der Waals surface area contributed by atoms with Gasteiger partial charge in [-0.1, -0.05) is 37.6 Å². The lowest BCUT2D eigenvalue weighted by Crippen LogP contribution is -2.40. The maximum Gasteiger partial charge on any atom is 0.275 e. The number of amides is 1. The average Bonchev–Trinajstić information content (AvgIpc) is 2.82. The second-order valence-electron chi connectivity index (χ2n) is 7.61. The SMILES string of the molecule is CCN(CC)C(CNC(=O)c1nn(-c2ccc(Cl)cc2)c(C)cc1=O)c1cccc(OC)c1. The van der Waals surface area contributed by atoms with Crippen molar-refractivity contribution in [3.63, 3.8) is 0 Å². The van der Waals surface area contributed by atoms with Gasteiger partial charge in [-0.3, -0.25) is 14.5 Å². The number of ether oxygens (including phenoxy) is 1. The fraction of sp³-hybridized carbons (Fsp3) is 0.320. The molecule has 3 aromatic rings. The van der Waals surface area contributed by atoms with Crippen molar-refractivity contribution >= 4 is 17.5 Å². The third kappa shape index (κ3) is 5.80. The van der Waals surface area contributed by atoms with Gasteiger partial charge < -0.3 is 10.1 Å². The molecule has 174 valence electrons. The van der Waals surface area contributed by atoms with Gasteiger partial charge in [-0.2, -0.15) is 5.10 Å². The van der Waals surface area contributed by atoms with Crippen LogP contribution in [0.15, 0.2) is 59.4 Å². The Labute approximate surface area is 198 Å². The van der Waals surface area contributed by atoms with Crippen LogP contribution in [0.25, 0.3) is 5.69 Å². The summed E-state index contributed by atoms with van der Waals surface area (Å²) in [4.78, 5) is 27.8. The van der Waals surface area contributed by atoms with Gasteiger partial charge in [-0.25, -0.2) is 4.68 Å². The minimum absolute atomic E-state index is 0.0806. The van der Waals surface area contributed by atoms with Gasteiger partial charge in [-0.05, 0) is 62.0 Å². The molecule has 0 aliphatic heterocycles. The molecular weight excluding hydrogens is 440 g/mol. The number of nitrogens with one attached hydrogen (secondary N) is 1. The zero-order chi connectivity index (χ0) is 24.0. The van der Waals surface area contributed by atoms with E-state index >= 15 is 0 Å². The average molecular weight is 469 g/mol. The molecule has 0 bridgehead atoms. The number of likely N-dealkylation sites (N-methyl/N-ethyl adjacent to an activating group) is 1. The summed E-state index contributed by atoms with van der Waals surface area (Å²) in [6, 6.07) is 16.2. The zero-order valence-electron chi connectivity index (χ0n) is 19.3. The van der Waals surface area contributed by atoms with E-state index in [2.05, 4.69) is 29.2 Å². The quantitative estimate of drug-likeness (QED) is 0.513. The van der Waals surface area contributed by atoms with Gasteiger partial charge in [0.15, 0.2) is 5.69 Å². The Balaban J connectivity index is 1.87. The van der Waals surface area contributed by atoms with Gasteiger partial charge >= 0.3 is 0 Å². The maximum absolute atomic E-state index is 13.0. The smallest absolute Gasteiger partial charge is 0.275 e. The Bertz CT molecular complexity index is 1160. The number of carbonyl (C=O) groups is 1. The predicted octanol–water partition coefficient (Wildman–Crippen LogP) is 4.02. The summed E-state index contributed by atoms with van der Waals surface area (Å²) in [5, 5.41) is 7.86. The monoisotopic (exact) mass is 468 g/mol. The summed E-state index contributed by atoms with van der Waals surface area (Å²) < 4.78 is 6.93. The first-order valence-corrected chi connectivity index (χ1v) is 11.3. The Hall–Kier alpha value is -3.16. The number of aryl methyl sites for hydroxylation is 1. The number of aromatic nitrogens is 2. The van der Waals surface area contributed by atoms with Crippen LogP contribution in [0.2, 0.25) is 5.02 Å². The third-order valence-corrected chi connectivity index (χ3v) is 5.83. The Kier molecular flexibility index (Phi) is 8.25. The van der Waals surface area contributed by atoms with Crippen molar-refractivity contribution in [2.24, 2.45) is 0 Å². The Morgan fingerprint density at radius 1 is 1.15 bits per heavy atom.